The topological polar surface area (TPSA) is 35.5 Å². The van der Waals surface area contributed by atoms with Crippen molar-refractivity contribution in [1.82, 2.24) is 10.2 Å². The van der Waals surface area contributed by atoms with Crippen LogP contribution in [0, 0.1) is 5.92 Å². The number of hydrogen-bond donors (Lipinski definition) is 2. The summed E-state index contributed by atoms with van der Waals surface area (Å²) in [5, 5.41) is 12.9. The number of aliphatic hydroxyl groups is 1. The van der Waals surface area contributed by atoms with Gasteiger partial charge in [-0.05, 0) is 38.8 Å². The Bertz CT molecular complexity index is 146. The van der Waals surface area contributed by atoms with Crippen LogP contribution in [0.4, 0.5) is 0 Å². The molecule has 0 radical (unpaired) electrons. The van der Waals surface area contributed by atoms with Gasteiger partial charge in [0, 0.05) is 13.1 Å². The summed E-state index contributed by atoms with van der Waals surface area (Å²) in [4.78, 5) is 2.22. The largest absolute Gasteiger partial charge is 0.378 e. The van der Waals surface area contributed by atoms with Gasteiger partial charge in [-0.1, -0.05) is 13.3 Å². The molecule has 1 aliphatic rings. The average molecular weight is 200 g/mol. The van der Waals surface area contributed by atoms with Crippen LogP contribution in [0.2, 0.25) is 0 Å². The van der Waals surface area contributed by atoms with Gasteiger partial charge in [-0.3, -0.25) is 4.90 Å². The van der Waals surface area contributed by atoms with Crippen molar-refractivity contribution in [3.8, 4) is 0 Å². The van der Waals surface area contributed by atoms with Crippen LogP contribution < -0.4 is 5.32 Å². The molecule has 0 bridgehead atoms. The molecule has 1 aliphatic heterocycles. The summed E-state index contributed by atoms with van der Waals surface area (Å²) in [7, 11) is 2.00. The quantitative estimate of drug-likeness (QED) is 0.672. The lowest BCUT2D eigenvalue weighted by atomic mass is 10.0. The van der Waals surface area contributed by atoms with Gasteiger partial charge in [0.1, 0.15) is 6.23 Å². The minimum Gasteiger partial charge on any atom is -0.378 e. The molecule has 0 spiro atoms. The third-order valence-corrected chi connectivity index (χ3v) is 3.01. The molecule has 2 atom stereocenters. The second-order valence-electron chi connectivity index (χ2n) is 4.33. The van der Waals surface area contributed by atoms with Gasteiger partial charge in [0.2, 0.25) is 0 Å². The first-order valence-corrected chi connectivity index (χ1v) is 5.84. The summed E-state index contributed by atoms with van der Waals surface area (Å²) < 4.78 is 0. The molecular weight excluding hydrogens is 176 g/mol. The van der Waals surface area contributed by atoms with E-state index in [2.05, 4.69) is 17.1 Å². The van der Waals surface area contributed by atoms with Gasteiger partial charge < -0.3 is 10.4 Å². The van der Waals surface area contributed by atoms with Gasteiger partial charge in [-0.15, -0.1) is 0 Å². The number of likely N-dealkylation sites (tertiary alicyclic amines) is 1. The van der Waals surface area contributed by atoms with Crippen molar-refractivity contribution in [1.29, 1.82) is 0 Å². The van der Waals surface area contributed by atoms with Crippen LogP contribution in [0.25, 0.3) is 0 Å². The highest BCUT2D eigenvalue weighted by Crippen LogP contribution is 2.18. The van der Waals surface area contributed by atoms with Crippen molar-refractivity contribution in [2.75, 3.05) is 26.7 Å². The maximum Gasteiger partial charge on any atom is 0.107 e. The Morgan fingerprint density at radius 2 is 2.36 bits per heavy atom. The highest BCUT2D eigenvalue weighted by molar-refractivity contribution is 4.74. The zero-order valence-electron chi connectivity index (χ0n) is 9.50. The third-order valence-electron chi connectivity index (χ3n) is 3.01. The Morgan fingerprint density at radius 3 is 2.86 bits per heavy atom. The Hall–Kier alpha value is -0.120. The van der Waals surface area contributed by atoms with Crippen molar-refractivity contribution in [2.45, 2.75) is 38.8 Å². The van der Waals surface area contributed by atoms with E-state index in [0.29, 0.717) is 5.92 Å². The molecule has 1 saturated heterocycles. The molecule has 0 aromatic heterocycles. The molecule has 0 aliphatic carbocycles. The molecule has 3 nitrogen and oxygen atoms in total. The van der Waals surface area contributed by atoms with E-state index >= 15 is 0 Å². The number of aliphatic hydroxyl groups excluding tert-OH is 1. The first kappa shape index (κ1) is 12.0. The van der Waals surface area contributed by atoms with E-state index in [1.165, 1.54) is 12.8 Å². The summed E-state index contributed by atoms with van der Waals surface area (Å²) >= 11 is 0. The minimum absolute atomic E-state index is 0.175. The van der Waals surface area contributed by atoms with Crippen LogP contribution in [-0.2, 0) is 0 Å². The summed E-state index contributed by atoms with van der Waals surface area (Å²) in [5.74, 6) is 0.692. The number of nitrogens with zero attached hydrogens (tertiary/aromatic N) is 1. The second kappa shape index (κ2) is 6.38. The standard InChI is InChI=1S/C11H24N2O/c1-3-5-10(8-12-2)9-13-7-4-6-11(13)14/h10-12,14H,3-9H2,1-2H3/t10?,11-/m0/s1. The number of nitrogens with one attached hydrogen (secondary N) is 1. The molecule has 0 amide bonds. The predicted octanol–water partition coefficient (Wildman–Crippen LogP) is 1.04. The van der Waals surface area contributed by atoms with Crippen molar-refractivity contribution >= 4 is 0 Å². The van der Waals surface area contributed by atoms with E-state index in [4.69, 9.17) is 0 Å². The average Bonchev–Trinajstić information content (AvgIpc) is 2.53. The van der Waals surface area contributed by atoms with Crippen molar-refractivity contribution in [3.63, 3.8) is 0 Å². The fourth-order valence-corrected chi connectivity index (χ4v) is 2.31. The Labute approximate surface area is 87.5 Å². The lowest BCUT2D eigenvalue weighted by Gasteiger charge is -2.25. The second-order valence-corrected chi connectivity index (χ2v) is 4.33. The van der Waals surface area contributed by atoms with Gasteiger partial charge in [0.25, 0.3) is 0 Å². The fourth-order valence-electron chi connectivity index (χ4n) is 2.31. The van der Waals surface area contributed by atoms with Crippen LogP contribution in [0.1, 0.15) is 32.6 Å². The third kappa shape index (κ3) is 3.56. The van der Waals surface area contributed by atoms with Crippen molar-refractivity contribution in [3.05, 3.63) is 0 Å². The molecule has 1 fully saturated rings. The van der Waals surface area contributed by atoms with Crippen LogP contribution >= 0.6 is 0 Å². The summed E-state index contributed by atoms with van der Waals surface area (Å²) in [5.41, 5.74) is 0. The summed E-state index contributed by atoms with van der Waals surface area (Å²) in [6.07, 6.45) is 4.42. The molecular formula is C11H24N2O. The Kier molecular flexibility index (Phi) is 5.45. The molecule has 1 unspecified atom stereocenters. The van der Waals surface area contributed by atoms with Gasteiger partial charge in [0.15, 0.2) is 0 Å². The molecule has 1 heterocycles. The van der Waals surface area contributed by atoms with Crippen LogP contribution in [0.5, 0.6) is 0 Å². The Balaban J connectivity index is 2.29. The minimum atomic E-state index is -0.175. The highest BCUT2D eigenvalue weighted by Gasteiger charge is 2.24. The molecule has 0 aromatic rings. The van der Waals surface area contributed by atoms with E-state index in [0.717, 1.165) is 32.5 Å². The van der Waals surface area contributed by atoms with Gasteiger partial charge in [-0.25, -0.2) is 0 Å². The zero-order valence-corrected chi connectivity index (χ0v) is 9.50. The first-order valence-electron chi connectivity index (χ1n) is 5.84. The maximum absolute atomic E-state index is 9.68. The normalized spacial score (nSPS) is 25.5. The molecule has 3 heteroatoms. The molecule has 2 N–H and O–H groups in total. The molecule has 0 aromatic carbocycles. The predicted molar refractivity (Wildman–Crippen MR) is 59.1 cm³/mol. The molecule has 84 valence electrons. The fraction of sp³-hybridized carbons (Fsp3) is 1.00. The lowest BCUT2D eigenvalue weighted by molar-refractivity contribution is 0.0270. The highest BCUT2D eigenvalue weighted by atomic mass is 16.3. The van der Waals surface area contributed by atoms with Crippen molar-refractivity contribution < 1.29 is 5.11 Å². The number of rotatable bonds is 6. The summed E-state index contributed by atoms with van der Waals surface area (Å²) in [6, 6.07) is 0. The Morgan fingerprint density at radius 1 is 1.57 bits per heavy atom. The van der Waals surface area contributed by atoms with Crippen molar-refractivity contribution in [2.24, 2.45) is 5.92 Å². The SMILES string of the molecule is CCCC(CNC)CN1CCC[C@@H]1O. The van der Waals surface area contributed by atoms with E-state index < -0.39 is 0 Å². The zero-order chi connectivity index (χ0) is 10.4. The monoisotopic (exact) mass is 200 g/mol. The van der Waals surface area contributed by atoms with Gasteiger partial charge >= 0.3 is 0 Å². The van der Waals surface area contributed by atoms with E-state index in [1.807, 2.05) is 7.05 Å². The molecule has 1 rings (SSSR count). The lowest BCUT2D eigenvalue weighted by Crippen LogP contribution is -2.36. The van der Waals surface area contributed by atoms with Gasteiger partial charge in [-0.2, -0.15) is 0 Å². The van der Waals surface area contributed by atoms with Crippen LogP contribution in [0.15, 0.2) is 0 Å². The van der Waals surface area contributed by atoms with E-state index in [9.17, 15) is 5.11 Å². The van der Waals surface area contributed by atoms with Crippen LogP contribution in [0.3, 0.4) is 0 Å². The maximum atomic E-state index is 9.68. The summed E-state index contributed by atoms with van der Waals surface area (Å²) in [6.45, 7) is 5.42. The van der Waals surface area contributed by atoms with Crippen LogP contribution in [-0.4, -0.2) is 42.9 Å². The molecule has 14 heavy (non-hydrogen) atoms. The smallest absolute Gasteiger partial charge is 0.107 e. The number of hydrogen-bond acceptors (Lipinski definition) is 3. The molecule has 0 saturated carbocycles. The first-order chi connectivity index (χ1) is 6.77. The van der Waals surface area contributed by atoms with E-state index in [1.54, 1.807) is 0 Å². The van der Waals surface area contributed by atoms with E-state index in [-0.39, 0.29) is 6.23 Å². The van der Waals surface area contributed by atoms with Gasteiger partial charge in [0.05, 0.1) is 0 Å².